The maximum absolute atomic E-state index is 12.3. The van der Waals surface area contributed by atoms with E-state index in [0.717, 1.165) is 22.3 Å². The summed E-state index contributed by atoms with van der Waals surface area (Å²) < 4.78 is 1.58. The molecule has 0 saturated heterocycles. The second-order valence-electron chi connectivity index (χ2n) is 6.00. The third-order valence-corrected chi connectivity index (χ3v) is 4.32. The van der Waals surface area contributed by atoms with Crippen LogP contribution in [0.4, 0.5) is 5.82 Å². The first kappa shape index (κ1) is 17.1. The Hall–Kier alpha value is -3.38. The van der Waals surface area contributed by atoms with Gasteiger partial charge < -0.3 is 10.3 Å². The topological polar surface area (TPSA) is 75.6 Å². The number of nitrogens with one attached hydrogen (secondary N) is 2. The van der Waals surface area contributed by atoms with Crippen LogP contribution in [-0.4, -0.2) is 25.7 Å². The third-order valence-electron chi connectivity index (χ3n) is 3.98. The van der Waals surface area contributed by atoms with E-state index in [1.165, 1.54) is 6.08 Å². The Morgan fingerprint density at radius 2 is 1.96 bits per heavy atom. The van der Waals surface area contributed by atoms with Gasteiger partial charge in [0, 0.05) is 17.2 Å². The summed E-state index contributed by atoms with van der Waals surface area (Å²) in [4.78, 5) is 20.1. The van der Waals surface area contributed by atoms with Crippen LogP contribution in [0.2, 0.25) is 5.02 Å². The lowest BCUT2D eigenvalue weighted by Crippen LogP contribution is -2.13. The number of hydrogen-bond donors (Lipinski definition) is 2. The van der Waals surface area contributed by atoms with E-state index >= 15 is 0 Å². The molecule has 0 unspecified atom stereocenters. The molecule has 4 rings (SSSR count). The maximum Gasteiger partial charge on any atom is 0.249 e. The summed E-state index contributed by atoms with van der Waals surface area (Å²) in [5.74, 6) is 0.780. The zero-order valence-electron chi connectivity index (χ0n) is 14.5. The molecular formula is C20H16ClN5O. The molecule has 1 amide bonds. The van der Waals surface area contributed by atoms with Crippen LogP contribution in [0, 0.1) is 6.92 Å². The van der Waals surface area contributed by atoms with Gasteiger partial charge >= 0.3 is 0 Å². The summed E-state index contributed by atoms with van der Waals surface area (Å²) in [5.41, 5.74) is 3.27. The standard InChI is InChI=1S/C20H16ClN5O/c1-13-12-18(24-19(27)11-10-14-6-2-3-7-15(14)21)26(25-13)20-22-16-8-4-5-9-17(16)23-20/h2-12H,1H3,(H,22,23)(H,24,27). The van der Waals surface area contributed by atoms with E-state index in [1.54, 1.807) is 22.9 Å². The fourth-order valence-electron chi connectivity index (χ4n) is 2.73. The number of halogens is 1. The average molecular weight is 378 g/mol. The Balaban J connectivity index is 1.59. The molecule has 2 aromatic heterocycles. The molecule has 0 aliphatic rings. The normalized spacial score (nSPS) is 11.3. The van der Waals surface area contributed by atoms with E-state index in [9.17, 15) is 4.79 Å². The number of anilines is 1. The molecule has 0 radical (unpaired) electrons. The van der Waals surface area contributed by atoms with Crippen molar-refractivity contribution in [3.63, 3.8) is 0 Å². The van der Waals surface area contributed by atoms with Crippen molar-refractivity contribution in [2.24, 2.45) is 0 Å². The molecule has 2 heterocycles. The molecule has 2 N–H and O–H groups in total. The fourth-order valence-corrected chi connectivity index (χ4v) is 2.93. The Bertz CT molecular complexity index is 1130. The first-order valence-electron chi connectivity index (χ1n) is 8.35. The SMILES string of the molecule is Cc1cc(NC(=O)C=Cc2ccccc2Cl)n(-c2nc3ccccc3[nH]2)n1. The molecule has 7 heteroatoms. The van der Waals surface area contributed by atoms with Gasteiger partial charge in [0.05, 0.1) is 16.7 Å². The van der Waals surface area contributed by atoms with Crippen molar-refractivity contribution in [3.8, 4) is 5.95 Å². The number of aryl methyl sites for hydroxylation is 1. The molecule has 0 aliphatic carbocycles. The van der Waals surface area contributed by atoms with Gasteiger partial charge in [0.1, 0.15) is 5.82 Å². The highest BCUT2D eigenvalue weighted by Crippen LogP contribution is 2.19. The van der Waals surface area contributed by atoms with Crippen molar-refractivity contribution in [3.05, 3.63) is 77.0 Å². The summed E-state index contributed by atoms with van der Waals surface area (Å²) in [7, 11) is 0. The van der Waals surface area contributed by atoms with Crippen LogP contribution >= 0.6 is 11.6 Å². The zero-order valence-corrected chi connectivity index (χ0v) is 15.2. The van der Waals surface area contributed by atoms with Gasteiger partial charge in [0.25, 0.3) is 0 Å². The predicted octanol–water partition coefficient (Wildman–Crippen LogP) is 4.36. The van der Waals surface area contributed by atoms with E-state index in [0.29, 0.717) is 16.8 Å². The van der Waals surface area contributed by atoms with E-state index < -0.39 is 0 Å². The number of carbonyl (C=O) groups is 1. The van der Waals surface area contributed by atoms with Crippen LogP contribution in [0.15, 0.2) is 60.7 Å². The summed E-state index contributed by atoms with van der Waals surface area (Å²) in [6, 6.07) is 16.8. The van der Waals surface area contributed by atoms with Crippen LogP contribution in [0.5, 0.6) is 0 Å². The van der Waals surface area contributed by atoms with Crippen LogP contribution in [0.1, 0.15) is 11.3 Å². The summed E-state index contributed by atoms with van der Waals surface area (Å²) >= 11 is 6.11. The number of carbonyl (C=O) groups excluding carboxylic acids is 1. The van der Waals surface area contributed by atoms with Crippen LogP contribution in [0.25, 0.3) is 23.1 Å². The highest BCUT2D eigenvalue weighted by atomic mass is 35.5. The van der Waals surface area contributed by atoms with Crippen molar-refractivity contribution in [1.29, 1.82) is 0 Å². The number of imidazole rings is 1. The number of aromatic amines is 1. The number of hydrogen-bond acceptors (Lipinski definition) is 3. The van der Waals surface area contributed by atoms with E-state index in [-0.39, 0.29) is 5.91 Å². The second kappa shape index (κ2) is 7.09. The number of nitrogens with zero attached hydrogens (tertiary/aromatic N) is 3. The van der Waals surface area contributed by atoms with Crippen LogP contribution in [0.3, 0.4) is 0 Å². The van der Waals surface area contributed by atoms with Crippen molar-refractivity contribution in [2.75, 3.05) is 5.32 Å². The van der Waals surface area contributed by atoms with Crippen molar-refractivity contribution >= 4 is 40.4 Å². The smallest absolute Gasteiger partial charge is 0.249 e. The molecule has 134 valence electrons. The quantitative estimate of drug-likeness (QED) is 0.519. The number of para-hydroxylation sites is 2. The first-order chi connectivity index (χ1) is 13.1. The van der Waals surface area contributed by atoms with Crippen molar-refractivity contribution < 1.29 is 4.79 Å². The fraction of sp³-hybridized carbons (Fsp3) is 0.0500. The highest BCUT2D eigenvalue weighted by Gasteiger charge is 2.13. The molecule has 0 bridgehead atoms. The summed E-state index contributed by atoms with van der Waals surface area (Å²) in [5, 5.41) is 7.85. The Kier molecular flexibility index (Phi) is 4.48. The molecule has 2 aromatic carbocycles. The Morgan fingerprint density at radius 3 is 2.78 bits per heavy atom. The number of benzene rings is 2. The van der Waals surface area contributed by atoms with Crippen LogP contribution < -0.4 is 5.32 Å². The lowest BCUT2D eigenvalue weighted by atomic mass is 10.2. The maximum atomic E-state index is 12.3. The van der Waals surface area contributed by atoms with Crippen molar-refractivity contribution in [1.82, 2.24) is 19.7 Å². The lowest BCUT2D eigenvalue weighted by molar-refractivity contribution is -0.111. The minimum atomic E-state index is -0.285. The molecule has 27 heavy (non-hydrogen) atoms. The minimum Gasteiger partial charge on any atom is -0.322 e. The number of aromatic nitrogens is 4. The lowest BCUT2D eigenvalue weighted by Gasteiger charge is -2.04. The van der Waals surface area contributed by atoms with Gasteiger partial charge in [-0.1, -0.05) is 41.9 Å². The molecular weight excluding hydrogens is 362 g/mol. The predicted molar refractivity (Wildman–Crippen MR) is 107 cm³/mol. The first-order valence-corrected chi connectivity index (χ1v) is 8.73. The van der Waals surface area contributed by atoms with Gasteiger partial charge in [-0.15, -0.1) is 0 Å². The van der Waals surface area contributed by atoms with Crippen molar-refractivity contribution in [2.45, 2.75) is 6.92 Å². The number of rotatable bonds is 4. The van der Waals surface area contributed by atoms with Gasteiger partial charge in [-0.3, -0.25) is 4.79 Å². The summed E-state index contributed by atoms with van der Waals surface area (Å²) in [6.07, 6.45) is 3.11. The molecule has 0 aliphatic heterocycles. The Morgan fingerprint density at radius 1 is 1.19 bits per heavy atom. The molecule has 6 nitrogen and oxygen atoms in total. The summed E-state index contributed by atoms with van der Waals surface area (Å²) in [6.45, 7) is 1.86. The highest BCUT2D eigenvalue weighted by molar-refractivity contribution is 6.32. The third kappa shape index (κ3) is 3.61. The Labute approximate surface area is 160 Å². The van der Waals surface area contributed by atoms with Crippen LogP contribution in [-0.2, 0) is 4.79 Å². The molecule has 0 spiro atoms. The number of fused-ring (bicyclic) bond motifs is 1. The average Bonchev–Trinajstić information content (AvgIpc) is 3.24. The van der Waals surface area contributed by atoms with Gasteiger partial charge in [0.2, 0.25) is 11.9 Å². The van der Waals surface area contributed by atoms with Gasteiger partial charge in [-0.05, 0) is 36.8 Å². The van der Waals surface area contributed by atoms with Gasteiger partial charge in [-0.2, -0.15) is 9.78 Å². The second-order valence-corrected chi connectivity index (χ2v) is 6.41. The monoisotopic (exact) mass is 377 g/mol. The number of H-pyrrole nitrogens is 1. The van der Waals surface area contributed by atoms with Gasteiger partial charge in [-0.25, -0.2) is 4.98 Å². The minimum absolute atomic E-state index is 0.285. The molecule has 4 aromatic rings. The van der Waals surface area contributed by atoms with E-state index in [4.69, 9.17) is 11.6 Å². The zero-order chi connectivity index (χ0) is 18.8. The largest absolute Gasteiger partial charge is 0.322 e. The van der Waals surface area contributed by atoms with E-state index in [2.05, 4.69) is 20.4 Å². The molecule has 0 atom stereocenters. The molecule has 0 fully saturated rings. The number of amides is 1. The molecule has 0 saturated carbocycles. The van der Waals surface area contributed by atoms with Gasteiger partial charge in [0.15, 0.2) is 0 Å². The van der Waals surface area contributed by atoms with E-state index in [1.807, 2.05) is 49.4 Å².